The van der Waals surface area contributed by atoms with Crippen LogP contribution in [0, 0.1) is 0 Å². The lowest BCUT2D eigenvalue weighted by atomic mass is 10.3. The number of carboxylic acids is 1. The van der Waals surface area contributed by atoms with Gasteiger partial charge in [0.25, 0.3) is 0 Å². The molecule has 0 aliphatic carbocycles. The molecule has 0 spiro atoms. The molecule has 1 aliphatic rings. The van der Waals surface area contributed by atoms with Crippen LogP contribution in [0.15, 0.2) is 0 Å². The van der Waals surface area contributed by atoms with E-state index >= 15 is 0 Å². The molecule has 0 unspecified atom stereocenters. The number of rotatable bonds is 6. The topological polar surface area (TPSA) is 95.0 Å². The summed E-state index contributed by atoms with van der Waals surface area (Å²) in [5.74, 6) is -1.49. The summed E-state index contributed by atoms with van der Waals surface area (Å²) >= 11 is 0. The van der Waals surface area contributed by atoms with Crippen molar-refractivity contribution in [2.75, 3.05) is 31.9 Å². The van der Waals surface area contributed by atoms with E-state index in [1.165, 1.54) is 4.90 Å². The summed E-state index contributed by atoms with van der Waals surface area (Å²) in [4.78, 5) is 23.7. The van der Waals surface area contributed by atoms with Crippen molar-refractivity contribution >= 4 is 21.9 Å². The van der Waals surface area contributed by atoms with E-state index in [-0.39, 0.29) is 18.8 Å². The van der Waals surface area contributed by atoms with Gasteiger partial charge in [-0.1, -0.05) is 6.92 Å². The van der Waals surface area contributed by atoms with Crippen molar-refractivity contribution in [3.63, 3.8) is 0 Å². The monoisotopic (exact) mass is 278 g/mol. The Morgan fingerprint density at radius 1 is 1.39 bits per heavy atom. The van der Waals surface area contributed by atoms with Crippen LogP contribution >= 0.6 is 0 Å². The third kappa shape index (κ3) is 3.95. The van der Waals surface area contributed by atoms with Crippen LogP contribution in [0.2, 0.25) is 0 Å². The van der Waals surface area contributed by atoms with E-state index in [4.69, 9.17) is 5.11 Å². The minimum atomic E-state index is -3.32. The lowest BCUT2D eigenvalue weighted by Gasteiger charge is -2.22. The van der Waals surface area contributed by atoms with Gasteiger partial charge in [-0.05, 0) is 12.8 Å². The molecule has 1 heterocycles. The number of carbonyl (C=O) groups is 2. The van der Waals surface area contributed by atoms with Crippen molar-refractivity contribution in [1.29, 1.82) is 0 Å². The van der Waals surface area contributed by atoms with Gasteiger partial charge in [0.15, 0.2) is 0 Å². The third-order valence-electron chi connectivity index (χ3n) is 2.69. The molecule has 0 aromatic rings. The maximum absolute atomic E-state index is 11.9. The fraction of sp³-hybridized carbons (Fsp3) is 0.800. The predicted molar refractivity (Wildman–Crippen MR) is 64.5 cm³/mol. The van der Waals surface area contributed by atoms with Gasteiger partial charge < -0.3 is 10.0 Å². The Morgan fingerprint density at radius 2 is 2.06 bits per heavy atom. The molecule has 104 valence electrons. The van der Waals surface area contributed by atoms with E-state index in [0.717, 1.165) is 4.31 Å². The Bertz CT molecular complexity index is 420. The number of sulfonamides is 1. The van der Waals surface area contributed by atoms with Crippen LogP contribution in [-0.2, 0) is 19.6 Å². The summed E-state index contributed by atoms with van der Waals surface area (Å²) in [6, 6.07) is 0. The second kappa shape index (κ2) is 6.14. The van der Waals surface area contributed by atoms with Gasteiger partial charge in [0.1, 0.15) is 6.54 Å². The van der Waals surface area contributed by atoms with Gasteiger partial charge >= 0.3 is 5.97 Å². The SMILES string of the molecule is CCCN(CC(=O)O)C(=O)CN1CCCS1(=O)=O. The highest BCUT2D eigenvalue weighted by Gasteiger charge is 2.31. The Morgan fingerprint density at radius 3 is 2.50 bits per heavy atom. The van der Waals surface area contributed by atoms with Crippen LogP contribution in [-0.4, -0.2) is 66.5 Å². The van der Waals surface area contributed by atoms with Crippen LogP contribution in [0.1, 0.15) is 19.8 Å². The highest BCUT2D eigenvalue weighted by Crippen LogP contribution is 2.13. The van der Waals surface area contributed by atoms with Crippen molar-refractivity contribution in [1.82, 2.24) is 9.21 Å². The molecule has 0 aromatic heterocycles. The highest BCUT2D eigenvalue weighted by molar-refractivity contribution is 7.89. The van der Waals surface area contributed by atoms with Crippen molar-refractivity contribution < 1.29 is 23.1 Å². The van der Waals surface area contributed by atoms with Gasteiger partial charge in [-0.2, -0.15) is 4.31 Å². The average molecular weight is 278 g/mol. The fourth-order valence-electron chi connectivity index (χ4n) is 1.84. The van der Waals surface area contributed by atoms with E-state index in [0.29, 0.717) is 25.9 Å². The molecule has 1 fully saturated rings. The van der Waals surface area contributed by atoms with Gasteiger partial charge in [0.2, 0.25) is 15.9 Å². The molecule has 1 amide bonds. The number of carboxylic acid groups (broad SMARTS) is 1. The van der Waals surface area contributed by atoms with Crippen LogP contribution < -0.4 is 0 Å². The summed E-state index contributed by atoms with van der Waals surface area (Å²) in [5, 5.41) is 8.70. The van der Waals surface area contributed by atoms with Crippen LogP contribution in [0.4, 0.5) is 0 Å². The number of nitrogens with zero attached hydrogens (tertiary/aromatic N) is 2. The second-order valence-corrected chi connectivity index (χ2v) is 6.30. The zero-order valence-corrected chi connectivity index (χ0v) is 11.1. The summed E-state index contributed by atoms with van der Waals surface area (Å²) in [6.07, 6.45) is 1.15. The van der Waals surface area contributed by atoms with E-state index < -0.39 is 21.9 Å². The normalized spacial score (nSPS) is 18.7. The largest absolute Gasteiger partial charge is 0.480 e. The van der Waals surface area contributed by atoms with Gasteiger partial charge in [-0.15, -0.1) is 0 Å². The number of hydrogen-bond acceptors (Lipinski definition) is 4. The predicted octanol–water partition coefficient (Wildman–Crippen LogP) is -0.655. The molecule has 1 rings (SSSR count). The van der Waals surface area contributed by atoms with Crippen LogP contribution in [0.3, 0.4) is 0 Å². The molecule has 0 saturated carbocycles. The molecule has 1 aliphatic heterocycles. The van der Waals surface area contributed by atoms with Crippen molar-refractivity contribution in [3.8, 4) is 0 Å². The average Bonchev–Trinajstić information content (AvgIpc) is 2.57. The smallest absolute Gasteiger partial charge is 0.323 e. The number of carbonyl (C=O) groups excluding carboxylic acids is 1. The quantitative estimate of drug-likeness (QED) is 0.696. The van der Waals surface area contributed by atoms with Gasteiger partial charge in [0.05, 0.1) is 12.3 Å². The molecule has 0 atom stereocenters. The summed E-state index contributed by atoms with van der Waals surface area (Å²) in [7, 11) is -3.32. The number of hydrogen-bond donors (Lipinski definition) is 1. The Labute approximate surface area is 106 Å². The van der Waals surface area contributed by atoms with Gasteiger partial charge in [0, 0.05) is 13.1 Å². The molecule has 7 nitrogen and oxygen atoms in total. The first-order valence-electron chi connectivity index (χ1n) is 5.84. The molecule has 1 N–H and O–H groups in total. The first-order chi connectivity index (χ1) is 8.36. The lowest BCUT2D eigenvalue weighted by Crippen LogP contribution is -2.43. The maximum Gasteiger partial charge on any atom is 0.323 e. The summed E-state index contributed by atoms with van der Waals surface area (Å²) < 4.78 is 24.2. The molecule has 1 saturated heterocycles. The van der Waals surface area contributed by atoms with E-state index in [1.54, 1.807) is 0 Å². The maximum atomic E-state index is 11.9. The first kappa shape index (κ1) is 14.9. The summed E-state index contributed by atoms with van der Waals surface area (Å²) in [6.45, 7) is 1.84. The Balaban J connectivity index is 2.64. The van der Waals surface area contributed by atoms with Crippen molar-refractivity contribution in [2.24, 2.45) is 0 Å². The van der Waals surface area contributed by atoms with Gasteiger partial charge in [-0.3, -0.25) is 9.59 Å². The first-order valence-corrected chi connectivity index (χ1v) is 7.45. The Hall–Kier alpha value is -1.15. The number of aliphatic carboxylic acids is 1. The molecular weight excluding hydrogens is 260 g/mol. The third-order valence-corrected chi connectivity index (χ3v) is 4.59. The minimum absolute atomic E-state index is 0.0625. The molecule has 0 bridgehead atoms. The van der Waals surface area contributed by atoms with E-state index in [2.05, 4.69) is 0 Å². The fourth-order valence-corrected chi connectivity index (χ4v) is 3.31. The minimum Gasteiger partial charge on any atom is -0.480 e. The van der Waals surface area contributed by atoms with Crippen LogP contribution in [0.25, 0.3) is 0 Å². The molecule has 8 heteroatoms. The van der Waals surface area contributed by atoms with Gasteiger partial charge in [-0.25, -0.2) is 8.42 Å². The zero-order chi connectivity index (χ0) is 13.8. The van der Waals surface area contributed by atoms with Crippen LogP contribution in [0.5, 0.6) is 0 Å². The van der Waals surface area contributed by atoms with E-state index in [1.807, 2.05) is 6.92 Å². The van der Waals surface area contributed by atoms with Crippen molar-refractivity contribution in [2.45, 2.75) is 19.8 Å². The molecule has 0 radical (unpaired) electrons. The Kier molecular flexibility index (Phi) is 5.09. The second-order valence-electron chi connectivity index (χ2n) is 4.21. The zero-order valence-electron chi connectivity index (χ0n) is 10.3. The number of amides is 1. The highest BCUT2D eigenvalue weighted by atomic mass is 32.2. The van der Waals surface area contributed by atoms with Crippen molar-refractivity contribution in [3.05, 3.63) is 0 Å². The summed E-state index contributed by atoms with van der Waals surface area (Å²) in [5.41, 5.74) is 0. The standard InChI is InChI=1S/C10H18N2O5S/c1-2-4-11(8-10(14)15)9(13)7-12-5-3-6-18(12,16)17/h2-8H2,1H3,(H,14,15). The molecule has 18 heavy (non-hydrogen) atoms. The molecular formula is C10H18N2O5S. The molecule has 0 aromatic carbocycles. The van der Waals surface area contributed by atoms with E-state index in [9.17, 15) is 18.0 Å². The lowest BCUT2D eigenvalue weighted by molar-refractivity contribution is -0.144.